The molecule has 0 radical (unpaired) electrons. The lowest BCUT2D eigenvalue weighted by Crippen LogP contribution is -2.33. The third-order valence-electron chi connectivity index (χ3n) is 15.7. The van der Waals surface area contributed by atoms with Crippen LogP contribution in [0.25, 0.3) is 82.1 Å². The lowest BCUT2D eigenvalue weighted by atomic mass is 9.65. The van der Waals surface area contributed by atoms with Gasteiger partial charge in [0.25, 0.3) is 0 Å². The maximum atomic E-state index is 2.57. The van der Waals surface area contributed by atoms with E-state index < -0.39 is 5.41 Å². The van der Waals surface area contributed by atoms with Gasteiger partial charge >= 0.3 is 0 Å². The van der Waals surface area contributed by atoms with Crippen molar-refractivity contribution in [2.24, 2.45) is 0 Å². The minimum absolute atomic E-state index is 0.162. The highest BCUT2D eigenvalue weighted by Crippen LogP contribution is 2.63. The average Bonchev–Trinajstić information content (AvgIpc) is 3.95. The zero-order chi connectivity index (χ0) is 43.5. The number of nitrogens with zero attached hydrogens (tertiary/aromatic N) is 2. The van der Waals surface area contributed by atoms with Crippen LogP contribution in [0.2, 0.25) is 0 Å². The molecule has 1 aliphatic heterocycles. The minimum Gasteiger partial charge on any atom is -0.310 e. The van der Waals surface area contributed by atoms with Gasteiger partial charge in [0.15, 0.2) is 0 Å². The molecule has 3 aliphatic rings. The molecular formula is C64H42N2. The Kier molecular flexibility index (Phi) is 6.98. The van der Waals surface area contributed by atoms with Gasteiger partial charge in [0.2, 0.25) is 0 Å². The Balaban J connectivity index is 1.06. The number of para-hydroxylation sites is 3. The van der Waals surface area contributed by atoms with Gasteiger partial charge in [-0.15, -0.1) is 0 Å². The molecule has 0 saturated heterocycles. The van der Waals surface area contributed by atoms with E-state index in [-0.39, 0.29) is 5.41 Å². The molecule has 0 fully saturated rings. The molecule has 66 heavy (non-hydrogen) atoms. The zero-order valence-electron chi connectivity index (χ0n) is 36.7. The summed E-state index contributed by atoms with van der Waals surface area (Å²) >= 11 is 0. The molecule has 2 aliphatic carbocycles. The highest BCUT2D eigenvalue weighted by atomic mass is 15.1. The molecule has 0 bridgehead atoms. The molecule has 0 amide bonds. The topological polar surface area (TPSA) is 8.17 Å². The predicted molar refractivity (Wildman–Crippen MR) is 276 cm³/mol. The summed E-state index contributed by atoms with van der Waals surface area (Å²) in [5.74, 6) is 0. The summed E-state index contributed by atoms with van der Waals surface area (Å²) in [7, 11) is 0. The number of aromatic nitrogens is 1. The first-order valence-electron chi connectivity index (χ1n) is 23.3. The fraction of sp³-hybridized carbons (Fsp3) is 0.0625. The van der Waals surface area contributed by atoms with Crippen LogP contribution in [0.15, 0.2) is 218 Å². The van der Waals surface area contributed by atoms with Crippen molar-refractivity contribution < 1.29 is 0 Å². The highest BCUT2D eigenvalue weighted by Gasteiger charge is 2.52. The van der Waals surface area contributed by atoms with Crippen LogP contribution in [-0.2, 0) is 10.8 Å². The molecule has 1 atom stereocenters. The zero-order valence-corrected chi connectivity index (χ0v) is 36.7. The Hall–Kier alpha value is -8.20. The smallest absolute Gasteiger partial charge is 0.0755 e. The number of anilines is 3. The van der Waals surface area contributed by atoms with Gasteiger partial charge in [0, 0.05) is 33.1 Å². The molecule has 308 valence electrons. The predicted octanol–water partition coefficient (Wildman–Crippen LogP) is 16.7. The van der Waals surface area contributed by atoms with Crippen molar-refractivity contribution in [3.8, 4) is 27.9 Å². The molecule has 0 N–H and O–H groups in total. The van der Waals surface area contributed by atoms with Crippen LogP contribution in [0.5, 0.6) is 0 Å². The minimum atomic E-state index is -0.561. The Morgan fingerprint density at radius 1 is 0.348 bits per heavy atom. The second-order valence-electron chi connectivity index (χ2n) is 19.1. The van der Waals surface area contributed by atoms with E-state index in [2.05, 4.69) is 242 Å². The van der Waals surface area contributed by atoms with Crippen LogP contribution >= 0.6 is 0 Å². The summed E-state index contributed by atoms with van der Waals surface area (Å²) in [5.41, 5.74) is 19.7. The van der Waals surface area contributed by atoms with Gasteiger partial charge in [-0.3, -0.25) is 0 Å². The molecule has 2 nitrogen and oxygen atoms in total. The summed E-state index contributed by atoms with van der Waals surface area (Å²) in [6.45, 7) is 4.78. The lowest BCUT2D eigenvalue weighted by molar-refractivity contribution is 0.660. The summed E-state index contributed by atoms with van der Waals surface area (Å²) in [5, 5.41) is 10.2. The molecular weight excluding hydrogens is 797 g/mol. The number of rotatable bonds is 3. The van der Waals surface area contributed by atoms with Crippen LogP contribution in [0.1, 0.15) is 47.2 Å². The van der Waals surface area contributed by atoms with E-state index in [1.54, 1.807) is 0 Å². The summed E-state index contributed by atoms with van der Waals surface area (Å²) in [6.07, 6.45) is 0. The van der Waals surface area contributed by atoms with Crippen molar-refractivity contribution in [2.45, 2.75) is 24.7 Å². The number of fused-ring (bicyclic) bond motifs is 21. The number of benzene rings is 11. The first-order valence-corrected chi connectivity index (χ1v) is 23.3. The summed E-state index contributed by atoms with van der Waals surface area (Å²) in [4.78, 5) is 2.57. The Bertz CT molecular complexity index is 4070. The first kappa shape index (κ1) is 36.2. The summed E-state index contributed by atoms with van der Waals surface area (Å²) in [6, 6.07) is 82.7. The van der Waals surface area contributed by atoms with E-state index in [1.165, 1.54) is 121 Å². The van der Waals surface area contributed by atoms with Crippen LogP contribution in [0, 0.1) is 0 Å². The van der Waals surface area contributed by atoms with Crippen molar-refractivity contribution >= 4 is 71.2 Å². The van der Waals surface area contributed by atoms with Gasteiger partial charge in [0.05, 0.1) is 27.8 Å². The standard InChI is InChI=1S/C64H42N2/c1-63(2)52-25-10-7-21-46(52)47-36-34-40(38-57(47)63)65(39-33-35-45-43-19-4-3-17-41(43)42-18-5-6-20-44(42)51(45)37-39)60-32-16-28-55-61(60)50-23-8-11-26-53(50)64(55)54-27-12-14-31-59(54)66-58-30-13-9-22-48(58)49-24-15-29-56(64)62(49)66/h3-38H,1-2H3. The van der Waals surface area contributed by atoms with E-state index in [4.69, 9.17) is 0 Å². The van der Waals surface area contributed by atoms with Crippen molar-refractivity contribution in [2.75, 3.05) is 4.90 Å². The maximum Gasteiger partial charge on any atom is 0.0755 e. The van der Waals surface area contributed by atoms with Gasteiger partial charge in [-0.25, -0.2) is 0 Å². The molecule has 11 aromatic carbocycles. The second kappa shape index (κ2) is 12.7. The van der Waals surface area contributed by atoms with E-state index in [9.17, 15) is 0 Å². The molecule has 12 aromatic rings. The normalized spacial score (nSPS) is 15.9. The largest absolute Gasteiger partial charge is 0.310 e. The van der Waals surface area contributed by atoms with Crippen LogP contribution in [-0.4, -0.2) is 4.57 Å². The van der Waals surface area contributed by atoms with Crippen molar-refractivity contribution in [1.29, 1.82) is 0 Å². The van der Waals surface area contributed by atoms with Gasteiger partial charge in [0.1, 0.15) is 0 Å². The van der Waals surface area contributed by atoms with Gasteiger partial charge in [-0.2, -0.15) is 0 Å². The van der Waals surface area contributed by atoms with Gasteiger partial charge < -0.3 is 9.47 Å². The maximum absolute atomic E-state index is 2.57. The Morgan fingerprint density at radius 3 is 1.67 bits per heavy atom. The van der Waals surface area contributed by atoms with Crippen LogP contribution in [0.4, 0.5) is 17.1 Å². The SMILES string of the molecule is CC1(C)c2ccccc2-c2ccc(N(c3ccc4c5ccccc5c5ccccc5c4c3)c3cccc4c3-c3ccccc3C43c4ccccc4-n4c5ccccc5c5cccc3c54)cc21. The van der Waals surface area contributed by atoms with Crippen molar-refractivity contribution in [3.63, 3.8) is 0 Å². The van der Waals surface area contributed by atoms with Crippen molar-refractivity contribution in [1.82, 2.24) is 4.57 Å². The lowest BCUT2D eigenvalue weighted by Gasteiger charge is -2.39. The van der Waals surface area contributed by atoms with E-state index >= 15 is 0 Å². The monoisotopic (exact) mass is 838 g/mol. The van der Waals surface area contributed by atoms with Crippen LogP contribution < -0.4 is 4.90 Å². The third kappa shape index (κ3) is 4.37. The van der Waals surface area contributed by atoms with E-state index in [1.807, 2.05) is 0 Å². The number of hydrogen-bond acceptors (Lipinski definition) is 1. The molecule has 2 heteroatoms. The molecule has 0 saturated carbocycles. The Labute approximate surface area is 383 Å². The molecule has 1 spiro atoms. The van der Waals surface area contributed by atoms with Gasteiger partial charge in [-0.1, -0.05) is 190 Å². The van der Waals surface area contributed by atoms with E-state index in [0.717, 1.165) is 11.4 Å². The summed E-state index contributed by atoms with van der Waals surface area (Å²) < 4.78 is 2.53. The van der Waals surface area contributed by atoms with Crippen LogP contribution in [0.3, 0.4) is 0 Å². The third-order valence-corrected chi connectivity index (χ3v) is 15.7. The second-order valence-corrected chi connectivity index (χ2v) is 19.1. The first-order chi connectivity index (χ1) is 32.5. The average molecular weight is 839 g/mol. The molecule has 1 aromatic heterocycles. The molecule has 1 unspecified atom stereocenters. The highest BCUT2D eigenvalue weighted by molar-refractivity contribution is 6.26. The molecule has 15 rings (SSSR count). The quantitative estimate of drug-likeness (QED) is 0.161. The van der Waals surface area contributed by atoms with Crippen molar-refractivity contribution in [3.05, 3.63) is 252 Å². The number of hydrogen-bond donors (Lipinski definition) is 0. The molecule has 2 heterocycles. The van der Waals surface area contributed by atoms with Gasteiger partial charge in [-0.05, 0) is 125 Å². The fourth-order valence-corrected chi connectivity index (χ4v) is 13.1. The Morgan fingerprint density at radius 2 is 0.879 bits per heavy atom. The van der Waals surface area contributed by atoms with E-state index in [0.29, 0.717) is 0 Å². The fourth-order valence-electron chi connectivity index (χ4n) is 13.1.